The first kappa shape index (κ1) is 19.4. The summed E-state index contributed by atoms with van der Waals surface area (Å²) >= 11 is 0. The molecule has 0 atom stereocenters. The third-order valence-corrected chi connectivity index (χ3v) is 6.19. The van der Waals surface area contributed by atoms with E-state index < -0.39 is 0 Å². The van der Waals surface area contributed by atoms with Gasteiger partial charge < -0.3 is 15.7 Å². The molecular weight excluding hydrogens is 410 g/mol. The van der Waals surface area contributed by atoms with E-state index in [1.54, 1.807) is 11.1 Å². The molecule has 0 fully saturated rings. The van der Waals surface area contributed by atoms with Crippen molar-refractivity contribution in [1.29, 1.82) is 0 Å². The molecule has 1 radical (unpaired) electrons. The maximum Gasteiger partial charge on any atom is 0.352 e. The molecule has 1 aliphatic rings. The lowest BCUT2D eigenvalue weighted by atomic mass is 10.0. The first-order valence-electron chi connectivity index (χ1n) is 10.9. The lowest BCUT2D eigenvalue weighted by Gasteiger charge is -2.19. The normalized spacial score (nSPS) is 13.7. The van der Waals surface area contributed by atoms with Gasteiger partial charge in [0.2, 0.25) is 0 Å². The van der Waals surface area contributed by atoms with Gasteiger partial charge in [0, 0.05) is 52.2 Å². The summed E-state index contributed by atoms with van der Waals surface area (Å²) in [5.41, 5.74) is 13.7. The first-order valence-corrected chi connectivity index (χ1v) is 10.9. The van der Waals surface area contributed by atoms with E-state index in [4.69, 9.17) is 5.73 Å². The Morgan fingerprint density at radius 2 is 1.64 bits per heavy atom. The van der Waals surface area contributed by atoms with Crippen LogP contribution in [0.4, 0.5) is 10.5 Å². The first-order chi connectivity index (χ1) is 16.2. The van der Waals surface area contributed by atoms with E-state index in [9.17, 15) is 4.79 Å². The molecule has 4 N–H and O–H groups in total. The van der Waals surface area contributed by atoms with Gasteiger partial charge in [-0.15, -0.1) is 0 Å². The van der Waals surface area contributed by atoms with Crippen molar-refractivity contribution in [2.45, 2.75) is 13.0 Å². The molecule has 3 heterocycles. The minimum atomic E-state index is -0.295. The van der Waals surface area contributed by atoms with Gasteiger partial charge >= 0.3 is 6.03 Å². The minimum Gasteiger partial charge on any atom is -0.359 e. The number of carbonyl (C=O) groups is 1. The lowest BCUT2D eigenvalue weighted by Crippen LogP contribution is -2.26. The Balaban J connectivity index is 1.51. The number of urea groups is 1. The van der Waals surface area contributed by atoms with Crippen LogP contribution in [0.25, 0.3) is 27.5 Å². The summed E-state index contributed by atoms with van der Waals surface area (Å²) in [4.78, 5) is 21.5. The Kier molecular flexibility index (Phi) is 4.52. The van der Waals surface area contributed by atoms with E-state index in [-0.39, 0.29) is 6.03 Å². The second-order valence-electron chi connectivity index (χ2n) is 8.21. The number of H-pyrrole nitrogens is 2. The average molecular weight is 433 g/mol. The number of nitrogens with zero attached hydrogens (tertiary/aromatic N) is 2. The van der Waals surface area contributed by atoms with Crippen LogP contribution in [0.15, 0.2) is 85.2 Å². The molecule has 0 saturated carbocycles. The number of para-hydroxylation sites is 2. The molecule has 6 rings (SSSR count). The van der Waals surface area contributed by atoms with Gasteiger partial charge in [-0.1, -0.05) is 60.7 Å². The molecule has 6 heteroatoms. The van der Waals surface area contributed by atoms with Crippen LogP contribution in [0.2, 0.25) is 0 Å². The van der Waals surface area contributed by atoms with E-state index in [0.29, 0.717) is 13.0 Å². The number of aromatic nitrogens is 2. The zero-order chi connectivity index (χ0) is 22.4. The number of fused-ring (bicyclic) bond motifs is 2. The van der Waals surface area contributed by atoms with Gasteiger partial charge in [-0.05, 0) is 23.3 Å². The highest BCUT2D eigenvalue weighted by molar-refractivity contribution is 6.16. The molecule has 0 spiro atoms. The number of aromatic amines is 2. The van der Waals surface area contributed by atoms with Gasteiger partial charge in [-0.3, -0.25) is 4.90 Å². The highest BCUT2D eigenvalue weighted by atomic mass is 16.2. The third-order valence-electron chi connectivity index (χ3n) is 6.19. The van der Waals surface area contributed by atoms with Crippen molar-refractivity contribution in [2.24, 2.45) is 5.73 Å². The molecule has 2 aromatic heterocycles. The Labute approximate surface area is 190 Å². The van der Waals surface area contributed by atoms with E-state index in [1.165, 1.54) is 0 Å². The smallest absolute Gasteiger partial charge is 0.352 e. The number of rotatable bonds is 5. The predicted octanol–water partition coefficient (Wildman–Crippen LogP) is 5.24. The molecule has 0 bridgehead atoms. The largest absolute Gasteiger partial charge is 0.359 e. The predicted molar refractivity (Wildman–Crippen MR) is 132 cm³/mol. The van der Waals surface area contributed by atoms with Crippen molar-refractivity contribution in [1.82, 2.24) is 15.3 Å². The van der Waals surface area contributed by atoms with Gasteiger partial charge in [0.1, 0.15) is 0 Å². The molecular formula is C27H22N5O. The molecule has 33 heavy (non-hydrogen) atoms. The molecule has 0 unspecified atom stereocenters. The van der Waals surface area contributed by atoms with Gasteiger partial charge in [0.15, 0.2) is 0 Å². The Bertz CT molecular complexity index is 1540. The fraction of sp³-hybridized carbons (Fsp3) is 0.0741. The van der Waals surface area contributed by atoms with Crippen LogP contribution in [-0.2, 0) is 13.0 Å². The number of nitrogens with one attached hydrogen (secondary N) is 2. The fourth-order valence-electron chi connectivity index (χ4n) is 4.68. The van der Waals surface area contributed by atoms with Crippen LogP contribution in [0.5, 0.6) is 0 Å². The Morgan fingerprint density at radius 1 is 0.879 bits per heavy atom. The Hall–Kier alpha value is -4.29. The molecule has 6 nitrogen and oxygen atoms in total. The summed E-state index contributed by atoms with van der Waals surface area (Å²) in [6.45, 7) is 0.500. The quantitative estimate of drug-likeness (QED) is 0.354. The number of anilines is 1. The van der Waals surface area contributed by atoms with Gasteiger partial charge in [0.25, 0.3) is 0 Å². The minimum absolute atomic E-state index is 0.295. The number of amides is 2. The standard InChI is InChI=1S/C27H22N5O/c28-14-18-7-5-6-17(12-18)13-23-26(20-9-2-4-11-22(20)31-23)25-16-30-27(33)32(25)24-15-29-21-10-3-1-8-19(21)24/h1-12,15-16,29,31H,13-14,28H2. The maximum absolute atomic E-state index is 13.0. The summed E-state index contributed by atoms with van der Waals surface area (Å²) in [6.07, 6.45) is 4.24. The highest BCUT2D eigenvalue weighted by Gasteiger charge is 2.32. The summed E-state index contributed by atoms with van der Waals surface area (Å²) in [5, 5.41) is 6.22. The van der Waals surface area contributed by atoms with Crippen molar-refractivity contribution >= 4 is 39.2 Å². The lowest BCUT2D eigenvalue weighted by molar-refractivity contribution is 0.252. The average Bonchev–Trinajstić information content (AvgIpc) is 3.53. The monoisotopic (exact) mass is 432 g/mol. The molecule has 1 aliphatic heterocycles. The summed E-state index contributed by atoms with van der Waals surface area (Å²) in [7, 11) is 0. The van der Waals surface area contributed by atoms with E-state index in [2.05, 4.69) is 39.6 Å². The maximum atomic E-state index is 13.0. The van der Waals surface area contributed by atoms with Crippen LogP contribution < -0.4 is 16.0 Å². The van der Waals surface area contributed by atoms with E-state index >= 15 is 0 Å². The number of hydrogen-bond acceptors (Lipinski definition) is 2. The molecule has 5 aromatic rings. The van der Waals surface area contributed by atoms with E-state index in [1.807, 2.05) is 54.7 Å². The number of hydrogen-bond donors (Lipinski definition) is 3. The highest BCUT2D eigenvalue weighted by Crippen LogP contribution is 2.39. The van der Waals surface area contributed by atoms with Crippen LogP contribution in [0.3, 0.4) is 0 Å². The SMILES string of the molecule is NCc1cccc(Cc2[nH]c3ccccc3c2C2=C[N]C(=O)N2c2c[nH]c3ccccc23)c1. The summed E-state index contributed by atoms with van der Waals surface area (Å²) in [6, 6.07) is 24.1. The van der Waals surface area contributed by atoms with Crippen molar-refractivity contribution in [3.8, 4) is 0 Å². The van der Waals surface area contributed by atoms with E-state index in [0.717, 1.165) is 55.6 Å². The molecule has 161 valence electrons. The third kappa shape index (κ3) is 3.20. The zero-order valence-electron chi connectivity index (χ0n) is 17.9. The van der Waals surface area contributed by atoms with Crippen LogP contribution in [0.1, 0.15) is 22.4 Å². The fourth-order valence-corrected chi connectivity index (χ4v) is 4.68. The Morgan fingerprint density at radius 3 is 2.48 bits per heavy atom. The summed E-state index contributed by atoms with van der Waals surface area (Å²) < 4.78 is 0. The van der Waals surface area contributed by atoms with Gasteiger partial charge in [-0.25, -0.2) is 4.79 Å². The van der Waals surface area contributed by atoms with Crippen LogP contribution in [0, 0.1) is 0 Å². The number of benzene rings is 3. The molecule has 0 saturated heterocycles. The second kappa shape index (κ2) is 7.69. The number of nitrogens with two attached hydrogens (primary N) is 1. The molecule has 0 aliphatic carbocycles. The second-order valence-corrected chi connectivity index (χ2v) is 8.21. The zero-order valence-corrected chi connectivity index (χ0v) is 17.9. The molecule has 3 aromatic carbocycles. The summed E-state index contributed by atoms with van der Waals surface area (Å²) in [5.74, 6) is 0. The van der Waals surface area contributed by atoms with Gasteiger partial charge in [-0.2, -0.15) is 5.32 Å². The van der Waals surface area contributed by atoms with Crippen LogP contribution in [-0.4, -0.2) is 16.0 Å². The van der Waals surface area contributed by atoms with Crippen molar-refractivity contribution < 1.29 is 4.79 Å². The van der Waals surface area contributed by atoms with Gasteiger partial charge in [0.05, 0.1) is 17.6 Å². The van der Waals surface area contributed by atoms with Crippen molar-refractivity contribution in [3.63, 3.8) is 0 Å². The molecule has 2 amide bonds. The van der Waals surface area contributed by atoms with Crippen molar-refractivity contribution in [2.75, 3.05) is 4.90 Å². The number of carbonyl (C=O) groups excluding carboxylic acids is 1. The van der Waals surface area contributed by atoms with Crippen molar-refractivity contribution in [3.05, 3.63) is 108 Å². The topological polar surface area (TPSA) is 92.0 Å². The van der Waals surface area contributed by atoms with Crippen LogP contribution >= 0.6 is 0 Å².